The van der Waals surface area contributed by atoms with Crippen LogP contribution >= 0.6 is 0 Å². The Morgan fingerprint density at radius 2 is 2.28 bits per heavy atom. The minimum atomic E-state index is -0.304. The molecule has 2 aromatic rings. The smallest absolute Gasteiger partial charge is 0.275 e. The highest BCUT2D eigenvalue weighted by molar-refractivity contribution is 5.83. The molecule has 0 fully saturated rings. The van der Waals surface area contributed by atoms with Crippen molar-refractivity contribution in [3.8, 4) is 0 Å². The number of benzene rings is 1. The average Bonchev–Trinajstić information content (AvgIpc) is 2.85. The second kappa shape index (κ2) is 4.18. The molecular weight excluding hydrogens is 230 g/mol. The fraction of sp³-hybridized carbons (Fsp3) is 0.231. The lowest BCUT2D eigenvalue weighted by atomic mass is 9.97. The number of aromatic amines is 1. The van der Waals surface area contributed by atoms with Gasteiger partial charge < -0.3 is 10.3 Å². The van der Waals surface area contributed by atoms with E-state index in [4.69, 9.17) is 0 Å². The first kappa shape index (κ1) is 10.8. The predicted molar refractivity (Wildman–Crippen MR) is 69.2 cm³/mol. The zero-order chi connectivity index (χ0) is 12.5. The van der Waals surface area contributed by atoms with E-state index in [2.05, 4.69) is 10.3 Å². The van der Waals surface area contributed by atoms with Gasteiger partial charge >= 0.3 is 0 Å². The molecule has 0 saturated heterocycles. The zero-order valence-electron chi connectivity index (χ0n) is 9.72. The van der Waals surface area contributed by atoms with Gasteiger partial charge in [-0.2, -0.15) is 0 Å². The van der Waals surface area contributed by atoms with Crippen molar-refractivity contribution in [1.82, 2.24) is 10.3 Å². The number of aromatic nitrogens is 1. The van der Waals surface area contributed by atoms with Crippen LogP contribution in [0.5, 0.6) is 0 Å². The molecule has 0 spiro atoms. The molecular formula is C13H13N3O2. The van der Waals surface area contributed by atoms with Gasteiger partial charge in [0.2, 0.25) is 0 Å². The van der Waals surface area contributed by atoms with Crippen LogP contribution in [0.1, 0.15) is 24.4 Å². The molecule has 1 aromatic heterocycles. The van der Waals surface area contributed by atoms with Gasteiger partial charge in [-0.3, -0.25) is 10.1 Å². The predicted octanol–water partition coefficient (Wildman–Crippen LogP) is 3.01. The van der Waals surface area contributed by atoms with E-state index in [1.54, 1.807) is 12.3 Å². The maximum absolute atomic E-state index is 11.2. The molecule has 1 unspecified atom stereocenters. The van der Waals surface area contributed by atoms with Gasteiger partial charge in [-0.1, -0.05) is 6.08 Å². The molecule has 0 aliphatic carbocycles. The van der Waals surface area contributed by atoms with Crippen LogP contribution in [-0.2, 0) is 0 Å². The van der Waals surface area contributed by atoms with Crippen molar-refractivity contribution < 1.29 is 4.92 Å². The van der Waals surface area contributed by atoms with Crippen LogP contribution in [0.25, 0.3) is 10.9 Å². The Morgan fingerprint density at radius 1 is 1.39 bits per heavy atom. The van der Waals surface area contributed by atoms with Crippen molar-refractivity contribution in [2.45, 2.75) is 18.9 Å². The number of allylic oxidation sites excluding steroid dienone is 1. The van der Waals surface area contributed by atoms with Crippen LogP contribution in [0.4, 0.5) is 5.69 Å². The highest BCUT2D eigenvalue weighted by Gasteiger charge is 2.23. The van der Waals surface area contributed by atoms with E-state index < -0.39 is 0 Å². The fourth-order valence-corrected chi connectivity index (χ4v) is 2.40. The summed E-state index contributed by atoms with van der Waals surface area (Å²) in [6.07, 6.45) is 7.53. The zero-order valence-corrected chi connectivity index (χ0v) is 9.72. The molecule has 0 saturated carbocycles. The van der Waals surface area contributed by atoms with Gasteiger partial charge in [0.1, 0.15) is 0 Å². The van der Waals surface area contributed by atoms with Crippen molar-refractivity contribution >= 4 is 16.6 Å². The molecule has 0 amide bonds. The van der Waals surface area contributed by atoms with Crippen molar-refractivity contribution in [3.63, 3.8) is 0 Å². The maximum atomic E-state index is 11.2. The Labute approximate surface area is 104 Å². The molecule has 0 bridgehead atoms. The summed E-state index contributed by atoms with van der Waals surface area (Å²) in [6, 6.07) is 5.38. The summed E-state index contributed by atoms with van der Waals surface area (Å²) in [5, 5.41) is 15.2. The number of nitrogens with zero attached hydrogens (tertiary/aromatic N) is 1. The Bertz CT molecular complexity index is 630. The Balaban J connectivity index is 2.15. The summed E-state index contributed by atoms with van der Waals surface area (Å²) < 4.78 is 0. The topological polar surface area (TPSA) is 71.0 Å². The number of fused-ring (bicyclic) bond motifs is 1. The van der Waals surface area contributed by atoms with Gasteiger partial charge in [0, 0.05) is 23.2 Å². The van der Waals surface area contributed by atoms with E-state index in [9.17, 15) is 10.1 Å². The summed E-state index contributed by atoms with van der Waals surface area (Å²) in [7, 11) is 0. The van der Waals surface area contributed by atoms with Crippen LogP contribution in [0, 0.1) is 10.1 Å². The number of hydrogen-bond acceptors (Lipinski definition) is 3. The average molecular weight is 243 g/mol. The van der Waals surface area contributed by atoms with Gasteiger partial charge in [-0.25, -0.2) is 0 Å². The lowest BCUT2D eigenvalue weighted by Gasteiger charge is -2.20. The first-order valence-corrected chi connectivity index (χ1v) is 5.92. The minimum absolute atomic E-state index is 0.0168. The van der Waals surface area contributed by atoms with Crippen molar-refractivity contribution in [1.29, 1.82) is 0 Å². The highest BCUT2D eigenvalue weighted by atomic mass is 16.6. The van der Waals surface area contributed by atoms with Gasteiger partial charge in [0.25, 0.3) is 5.69 Å². The summed E-state index contributed by atoms with van der Waals surface area (Å²) >= 11 is 0. The van der Waals surface area contributed by atoms with Crippen LogP contribution < -0.4 is 5.32 Å². The minimum Gasteiger partial charge on any atom is -0.384 e. The van der Waals surface area contributed by atoms with E-state index in [1.165, 1.54) is 0 Å². The number of nitro benzene ring substituents is 1. The second-order valence-corrected chi connectivity index (χ2v) is 4.43. The molecule has 1 aromatic carbocycles. The fourth-order valence-electron chi connectivity index (χ4n) is 2.40. The van der Waals surface area contributed by atoms with Gasteiger partial charge in [0.05, 0.1) is 16.5 Å². The number of nitrogens with one attached hydrogen (secondary N) is 2. The second-order valence-electron chi connectivity index (χ2n) is 4.43. The third-order valence-corrected chi connectivity index (χ3v) is 3.31. The first-order chi connectivity index (χ1) is 8.75. The standard InChI is InChI=1S/C13H13N3O2/c17-16(18)13-7-9-4-6-15-12(9)8-10(13)11-3-1-2-5-14-11/h2,4-8,11,14-15H,1,3H2. The van der Waals surface area contributed by atoms with E-state index >= 15 is 0 Å². The molecule has 92 valence electrons. The van der Waals surface area contributed by atoms with Crippen LogP contribution in [0.15, 0.2) is 36.7 Å². The van der Waals surface area contributed by atoms with E-state index in [1.807, 2.05) is 24.4 Å². The normalized spacial score (nSPS) is 18.8. The molecule has 5 heteroatoms. The van der Waals surface area contributed by atoms with Gasteiger partial charge in [-0.15, -0.1) is 0 Å². The first-order valence-electron chi connectivity index (χ1n) is 5.92. The van der Waals surface area contributed by atoms with Crippen LogP contribution in [0.2, 0.25) is 0 Å². The molecule has 2 N–H and O–H groups in total. The monoisotopic (exact) mass is 243 g/mol. The molecule has 1 atom stereocenters. The summed E-state index contributed by atoms with van der Waals surface area (Å²) in [5.41, 5.74) is 1.88. The van der Waals surface area contributed by atoms with Crippen molar-refractivity contribution in [2.24, 2.45) is 0 Å². The van der Waals surface area contributed by atoms with Crippen molar-refractivity contribution in [2.75, 3.05) is 0 Å². The van der Waals surface area contributed by atoms with E-state index in [0.717, 1.165) is 29.3 Å². The van der Waals surface area contributed by atoms with Crippen LogP contribution in [-0.4, -0.2) is 9.91 Å². The number of nitro groups is 1. The quantitative estimate of drug-likeness (QED) is 0.629. The maximum Gasteiger partial charge on any atom is 0.275 e. The number of hydrogen-bond donors (Lipinski definition) is 2. The number of H-pyrrole nitrogens is 1. The van der Waals surface area contributed by atoms with E-state index in [0.29, 0.717) is 0 Å². The molecule has 5 nitrogen and oxygen atoms in total. The largest absolute Gasteiger partial charge is 0.384 e. The SMILES string of the molecule is O=[N+]([O-])c1cc2cc[nH]c2cc1C1CCC=CN1. The molecule has 18 heavy (non-hydrogen) atoms. The Hall–Kier alpha value is -2.30. The molecule has 1 aliphatic rings. The summed E-state index contributed by atoms with van der Waals surface area (Å²) in [5.74, 6) is 0. The lowest BCUT2D eigenvalue weighted by molar-refractivity contribution is -0.385. The Morgan fingerprint density at radius 3 is 3.00 bits per heavy atom. The summed E-state index contributed by atoms with van der Waals surface area (Å²) in [6.45, 7) is 0. The third kappa shape index (κ3) is 1.73. The molecule has 2 heterocycles. The summed E-state index contributed by atoms with van der Waals surface area (Å²) in [4.78, 5) is 14.0. The highest BCUT2D eigenvalue weighted by Crippen LogP contribution is 2.33. The van der Waals surface area contributed by atoms with E-state index in [-0.39, 0.29) is 16.7 Å². The molecule has 3 rings (SSSR count). The number of rotatable bonds is 2. The van der Waals surface area contributed by atoms with Crippen LogP contribution in [0.3, 0.4) is 0 Å². The molecule has 0 radical (unpaired) electrons. The third-order valence-electron chi connectivity index (χ3n) is 3.31. The van der Waals surface area contributed by atoms with Crippen molar-refractivity contribution in [3.05, 3.63) is 52.3 Å². The lowest BCUT2D eigenvalue weighted by Crippen LogP contribution is -2.19. The van der Waals surface area contributed by atoms with Gasteiger partial charge in [0.15, 0.2) is 0 Å². The molecule has 1 aliphatic heterocycles. The Kier molecular flexibility index (Phi) is 2.51. The van der Waals surface area contributed by atoms with Gasteiger partial charge in [-0.05, 0) is 31.2 Å².